The molecule has 1 amide bonds. The van der Waals surface area contributed by atoms with Crippen LogP contribution >= 0.6 is 0 Å². The molecule has 1 heterocycles. The van der Waals surface area contributed by atoms with Crippen molar-refractivity contribution < 1.29 is 13.2 Å². The SMILES string of the molecule is Cc1ccc(C(NC(=O)C2CCN(S(=O)(=O)c3ccc(C)cc3)CC2)C2CC2)cc1. The standard InChI is InChI=1S/C24H30N2O3S/c1-17-3-7-19(8-4-17)23(20-9-10-20)25-24(27)21-13-15-26(16-14-21)30(28,29)22-11-5-18(2)6-12-22/h3-8,11-12,20-21,23H,9-10,13-16H2,1-2H3,(H,25,27). The van der Waals surface area contributed by atoms with Gasteiger partial charge in [-0.25, -0.2) is 8.42 Å². The van der Waals surface area contributed by atoms with Crippen molar-refractivity contribution in [2.75, 3.05) is 13.1 Å². The van der Waals surface area contributed by atoms with Crippen LogP contribution in [0.2, 0.25) is 0 Å². The Morgan fingerprint density at radius 1 is 0.900 bits per heavy atom. The number of piperidine rings is 1. The average Bonchev–Trinajstić information content (AvgIpc) is 3.58. The van der Waals surface area contributed by atoms with Crippen LogP contribution < -0.4 is 5.32 Å². The van der Waals surface area contributed by atoms with E-state index in [2.05, 4.69) is 36.5 Å². The van der Waals surface area contributed by atoms with E-state index in [1.54, 1.807) is 12.1 Å². The number of amides is 1. The van der Waals surface area contributed by atoms with E-state index in [1.807, 2.05) is 19.1 Å². The average molecular weight is 427 g/mol. The number of hydrogen-bond donors (Lipinski definition) is 1. The zero-order valence-electron chi connectivity index (χ0n) is 17.7. The summed E-state index contributed by atoms with van der Waals surface area (Å²) in [5, 5.41) is 3.27. The van der Waals surface area contributed by atoms with Gasteiger partial charge < -0.3 is 5.32 Å². The first-order valence-corrected chi connectivity index (χ1v) is 12.2. The van der Waals surface area contributed by atoms with Gasteiger partial charge in [-0.15, -0.1) is 0 Å². The summed E-state index contributed by atoms with van der Waals surface area (Å²) >= 11 is 0. The normalized spacial score (nSPS) is 19.4. The summed E-state index contributed by atoms with van der Waals surface area (Å²) in [7, 11) is -3.50. The minimum Gasteiger partial charge on any atom is -0.349 e. The zero-order valence-corrected chi connectivity index (χ0v) is 18.5. The molecule has 0 spiro atoms. The van der Waals surface area contributed by atoms with Crippen LogP contribution in [0, 0.1) is 25.7 Å². The predicted molar refractivity (Wildman–Crippen MR) is 117 cm³/mol. The van der Waals surface area contributed by atoms with Crippen molar-refractivity contribution in [2.24, 2.45) is 11.8 Å². The Morgan fingerprint density at radius 3 is 1.97 bits per heavy atom. The van der Waals surface area contributed by atoms with Gasteiger partial charge in [0.2, 0.25) is 15.9 Å². The lowest BCUT2D eigenvalue weighted by Gasteiger charge is -2.31. The fraction of sp³-hybridized carbons (Fsp3) is 0.458. The molecule has 2 aromatic rings. The summed E-state index contributed by atoms with van der Waals surface area (Å²) in [6.07, 6.45) is 3.41. The fourth-order valence-electron chi connectivity index (χ4n) is 4.17. The van der Waals surface area contributed by atoms with Crippen molar-refractivity contribution >= 4 is 15.9 Å². The van der Waals surface area contributed by atoms with Crippen LogP contribution in [0.25, 0.3) is 0 Å². The highest BCUT2D eigenvalue weighted by atomic mass is 32.2. The molecule has 1 unspecified atom stereocenters. The number of hydrogen-bond acceptors (Lipinski definition) is 3. The lowest BCUT2D eigenvalue weighted by molar-refractivity contribution is -0.127. The summed E-state index contributed by atoms with van der Waals surface area (Å²) in [6.45, 7) is 4.76. The van der Waals surface area contributed by atoms with Gasteiger partial charge in [0.05, 0.1) is 10.9 Å². The Morgan fingerprint density at radius 2 is 1.43 bits per heavy atom. The number of aryl methyl sites for hydroxylation is 2. The molecular formula is C24H30N2O3S. The molecule has 2 aliphatic rings. The van der Waals surface area contributed by atoms with Crippen LogP contribution in [-0.2, 0) is 14.8 Å². The lowest BCUT2D eigenvalue weighted by atomic mass is 9.95. The van der Waals surface area contributed by atoms with E-state index in [0.29, 0.717) is 36.7 Å². The second kappa shape index (κ2) is 8.52. The minimum atomic E-state index is -3.50. The van der Waals surface area contributed by atoms with E-state index in [9.17, 15) is 13.2 Å². The molecule has 160 valence electrons. The molecule has 0 bridgehead atoms. The first kappa shape index (κ1) is 21.1. The molecular weight excluding hydrogens is 396 g/mol. The van der Waals surface area contributed by atoms with Crippen LogP contribution in [0.1, 0.15) is 48.4 Å². The first-order chi connectivity index (χ1) is 14.3. The monoisotopic (exact) mass is 426 g/mol. The molecule has 1 saturated heterocycles. The number of sulfonamides is 1. The van der Waals surface area contributed by atoms with Gasteiger partial charge in [-0.3, -0.25) is 4.79 Å². The van der Waals surface area contributed by atoms with E-state index >= 15 is 0 Å². The van der Waals surface area contributed by atoms with Crippen molar-refractivity contribution in [1.82, 2.24) is 9.62 Å². The van der Waals surface area contributed by atoms with Crippen molar-refractivity contribution in [2.45, 2.75) is 50.5 Å². The van der Waals surface area contributed by atoms with Gasteiger partial charge in [-0.05, 0) is 63.1 Å². The highest BCUT2D eigenvalue weighted by Gasteiger charge is 2.36. The number of carbonyl (C=O) groups excluding carboxylic acids is 1. The molecule has 0 aromatic heterocycles. The largest absolute Gasteiger partial charge is 0.349 e. The third-order valence-electron chi connectivity index (χ3n) is 6.31. The van der Waals surface area contributed by atoms with Crippen LogP contribution in [0.4, 0.5) is 0 Å². The Kier molecular flexibility index (Phi) is 5.98. The van der Waals surface area contributed by atoms with E-state index in [-0.39, 0.29) is 17.9 Å². The summed E-state index contributed by atoms with van der Waals surface area (Å²) in [5.41, 5.74) is 3.40. The molecule has 2 fully saturated rings. The smallest absolute Gasteiger partial charge is 0.243 e. The van der Waals surface area contributed by atoms with Gasteiger partial charge in [0.25, 0.3) is 0 Å². The number of rotatable bonds is 6. The summed E-state index contributed by atoms with van der Waals surface area (Å²) in [5.74, 6) is 0.430. The quantitative estimate of drug-likeness (QED) is 0.760. The molecule has 4 rings (SSSR count). The molecule has 1 aliphatic heterocycles. The van der Waals surface area contributed by atoms with E-state index in [4.69, 9.17) is 0 Å². The molecule has 30 heavy (non-hydrogen) atoms. The topological polar surface area (TPSA) is 66.5 Å². The van der Waals surface area contributed by atoms with Gasteiger partial charge >= 0.3 is 0 Å². The summed E-state index contributed by atoms with van der Waals surface area (Å²) < 4.78 is 27.3. The molecule has 1 N–H and O–H groups in total. The minimum absolute atomic E-state index is 0.0554. The van der Waals surface area contributed by atoms with Crippen molar-refractivity contribution in [3.05, 3.63) is 65.2 Å². The van der Waals surface area contributed by atoms with Gasteiger partial charge in [-0.1, -0.05) is 47.5 Å². The number of nitrogens with zero attached hydrogens (tertiary/aromatic N) is 1. The number of benzene rings is 2. The first-order valence-electron chi connectivity index (χ1n) is 10.8. The molecule has 5 nitrogen and oxygen atoms in total. The maximum absolute atomic E-state index is 13.0. The van der Waals surface area contributed by atoms with Gasteiger partial charge in [-0.2, -0.15) is 4.31 Å². The third kappa shape index (κ3) is 4.60. The van der Waals surface area contributed by atoms with Crippen molar-refractivity contribution in [3.8, 4) is 0 Å². The maximum atomic E-state index is 13.0. The molecule has 0 radical (unpaired) electrons. The molecule has 1 aliphatic carbocycles. The van der Waals surface area contributed by atoms with Gasteiger partial charge in [0, 0.05) is 19.0 Å². The van der Waals surface area contributed by atoms with Crippen LogP contribution in [0.3, 0.4) is 0 Å². The highest BCUT2D eigenvalue weighted by molar-refractivity contribution is 7.89. The van der Waals surface area contributed by atoms with Gasteiger partial charge in [0.1, 0.15) is 0 Å². The fourth-order valence-corrected chi connectivity index (χ4v) is 5.64. The Balaban J connectivity index is 1.38. The van der Waals surface area contributed by atoms with Crippen LogP contribution in [0.5, 0.6) is 0 Å². The summed E-state index contributed by atoms with van der Waals surface area (Å²) in [6, 6.07) is 15.4. The Bertz CT molecular complexity index is 988. The molecule has 1 atom stereocenters. The van der Waals surface area contributed by atoms with E-state index < -0.39 is 10.0 Å². The maximum Gasteiger partial charge on any atom is 0.243 e. The third-order valence-corrected chi connectivity index (χ3v) is 8.22. The van der Waals surface area contributed by atoms with Gasteiger partial charge in [0.15, 0.2) is 0 Å². The zero-order chi connectivity index (χ0) is 21.3. The molecule has 2 aromatic carbocycles. The Labute approximate surface area is 179 Å². The highest BCUT2D eigenvalue weighted by Crippen LogP contribution is 2.41. The lowest BCUT2D eigenvalue weighted by Crippen LogP contribution is -2.43. The second-order valence-electron chi connectivity index (χ2n) is 8.73. The summed E-state index contributed by atoms with van der Waals surface area (Å²) in [4.78, 5) is 13.3. The van der Waals surface area contributed by atoms with Crippen molar-refractivity contribution in [1.29, 1.82) is 0 Å². The van der Waals surface area contributed by atoms with E-state index in [0.717, 1.165) is 24.0 Å². The Hall–Kier alpha value is -2.18. The van der Waals surface area contributed by atoms with E-state index in [1.165, 1.54) is 9.87 Å². The van der Waals surface area contributed by atoms with Crippen LogP contribution in [-0.4, -0.2) is 31.7 Å². The predicted octanol–water partition coefficient (Wildman–Crippen LogP) is 3.97. The van der Waals surface area contributed by atoms with Crippen molar-refractivity contribution in [3.63, 3.8) is 0 Å². The number of carbonyl (C=O) groups is 1. The number of nitrogens with one attached hydrogen (secondary N) is 1. The second-order valence-corrected chi connectivity index (χ2v) is 10.7. The molecule has 1 saturated carbocycles. The van der Waals surface area contributed by atoms with Crippen LogP contribution in [0.15, 0.2) is 53.4 Å². The molecule has 6 heteroatoms.